The maximum Gasteiger partial charge on any atom is 0.237 e. The van der Waals surface area contributed by atoms with Gasteiger partial charge in [-0.25, -0.2) is 0 Å². The van der Waals surface area contributed by atoms with Gasteiger partial charge in [0, 0.05) is 5.56 Å². The number of hydrogen-bond donors (Lipinski definition) is 2. The van der Waals surface area contributed by atoms with E-state index in [1.807, 2.05) is 30.5 Å². The van der Waals surface area contributed by atoms with Crippen LogP contribution in [0.5, 0.6) is 5.75 Å². The van der Waals surface area contributed by atoms with E-state index in [1.165, 1.54) is 0 Å². The summed E-state index contributed by atoms with van der Waals surface area (Å²) in [5.74, 6) is 1.70. The fourth-order valence-corrected chi connectivity index (χ4v) is 2.82. The number of carbonyl (C=O) groups excluding carboxylic acids is 1. The Morgan fingerprint density at radius 1 is 1.55 bits per heavy atom. The van der Waals surface area contributed by atoms with Crippen LogP contribution in [0.25, 0.3) is 0 Å². The SMILES string of the molecule is CSCC[C@H](N)C(=O)NC1CCCOc2ccccc21. The highest BCUT2D eigenvalue weighted by Crippen LogP contribution is 2.31. The largest absolute Gasteiger partial charge is 0.493 e. The smallest absolute Gasteiger partial charge is 0.237 e. The molecule has 4 nitrogen and oxygen atoms in total. The molecule has 20 heavy (non-hydrogen) atoms. The van der Waals surface area contributed by atoms with Gasteiger partial charge in [-0.2, -0.15) is 11.8 Å². The van der Waals surface area contributed by atoms with E-state index < -0.39 is 6.04 Å². The highest BCUT2D eigenvalue weighted by molar-refractivity contribution is 7.98. The van der Waals surface area contributed by atoms with Crippen molar-refractivity contribution in [2.75, 3.05) is 18.6 Å². The second kappa shape index (κ2) is 7.55. The Bertz CT molecular complexity index is 453. The fraction of sp³-hybridized carbons (Fsp3) is 0.533. The molecule has 0 aliphatic carbocycles. The maximum absolute atomic E-state index is 12.2. The monoisotopic (exact) mass is 294 g/mol. The number of hydrogen-bond acceptors (Lipinski definition) is 4. The van der Waals surface area contributed by atoms with Gasteiger partial charge in [-0.3, -0.25) is 4.79 Å². The van der Waals surface area contributed by atoms with Crippen LogP contribution in [0.1, 0.15) is 30.9 Å². The molecule has 5 heteroatoms. The first-order chi connectivity index (χ1) is 9.72. The van der Waals surface area contributed by atoms with E-state index in [4.69, 9.17) is 10.5 Å². The van der Waals surface area contributed by atoms with Crippen molar-refractivity contribution >= 4 is 17.7 Å². The number of carbonyl (C=O) groups is 1. The predicted molar refractivity (Wildman–Crippen MR) is 83.0 cm³/mol. The molecule has 1 amide bonds. The number of amides is 1. The zero-order valence-electron chi connectivity index (χ0n) is 11.8. The Morgan fingerprint density at radius 2 is 2.35 bits per heavy atom. The molecule has 2 atom stereocenters. The molecule has 1 aliphatic rings. The van der Waals surface area contributed by atoms with E-state index in [1.54, 1.807) is 11.8 Å². The first-order valence-electron chi connectivity index (χ1n) is 6.99. The van der Waals surface area contributed by atoms with Crippen molar-refractivity contribution in [1.29, 1.82) is 0 Å². The van der Waals surface area contributed by atoms with Gasteiger partial charge in [0.1, 0.15) is 5.75 Å². The van der Waals surface area contributed by atoms with Crippen molar-refractivity contribution in [1.82, 2.24) is 5.32 Å². The van der Waals surface area contributed by atoms with Crippen LogP contribution in [0.2, 0.25) is 0 Å². The summed E-state index contributed by atoms with van der Waals surface area (Å²) in [7, 11) is 0. The van der Waals surface area contributed by atoms with Crippen LogP contribution < -0.4 is 15.8 Å². The summed E-state index contributed by atoms with van der Waals surface area (Å²) in [6, 6.07) is 7.46. The van der Waals surface area contributed by atoms with Gasteiger partial charge in [-0.05, 0) is 37.3 Å². The number of rotatable bonds is 5. The number of fused-ring (bicyclic) bond motifs is 1. The number of para-hydroxylation sites is 1. The fourth-order valence-electron chi connectivity index (χ4n) is 2.33. The molecular weight excluding hydrogens is 272 g/mol. The molecule has 0 bridgehead atoms. The van der Waals surface area contributed by atoms with Crippen molar-refractivity contribution in [3.8, 4) is 5.75 Å². The van der Waals surface area contributed by atoms with Crippen molar-refractivity contribution in [3.05, 3.63) is 29.8 Å². The third-order valence-corrected chi connectivity index (χ3v) is 4.12. The van der Waals surface area contributed by atoms with E-state index >= 15 is 0 Å². The second-order valence-corrected chi connectivity index (χ2v) is 5.96. The van der Waals surface area contributed by atoms with Crippen LogP contribution in [0.15, 0.2) is 24.3 Å². The molecule has 0 spiro atoms. The molecule has 3 N–H and O–H groups in total. The minimum Gasteiger partial charge on any atom is -0.493 e. The van der Waals surface area contributed by atoms with Crippen molar-refractivity contribution in [3.63, 3.8) is 0 Å². The van der Waals surface area contributed by atoms with E-state index in [2.05, 4.69) is 5.32 Å². The summed E-state index contributed by atoms with van der Waals surface area (Å²) >= 11 is 1.71. The van der Waals surface area contributed by atoms with Gasteiger partial charge >= 0.3 is 0 Å². The molecule has 2 rings (SSSR count). The third kappa shape index (κ3) is 3.90. The number of benzene rings is 1. The van der Waals surface area contributed by atoms with Gasteiger partial charge in [0.15, 0.2) is 0 Å². The molecule has 1 heterocycles. The number of nitrogens with two attached hydrogens (primary N) is 1. The maximum atomic E-state index is 12.2. The van der Waals surface area contributed by atoms with Gasteiger partial charge in [-0.15, -0.1) is 0 Å². The van der Waals surface area contributed by atoms with Crippen molar-refractivity contribution in [2.24, 2.45) is 5.73 Å². The quantitative estimate of drug-likeness (QED) is 0.873. The number of ether oxygens (including phenoxy) is 1. The molecule has 0 aromatic heterocycles. The Hall–Kier alpha value is -1.20. The molecular formula is C15H22N2O2S. The van der Waals surface area contributed by atoms with Crippen LogP contribution in [-0.4, -0.2) is 30.6 Å². The van der Waals surface area contributed by atoms with Crippen LogP contribution in [0, 0.1) is 0 Å². The highest BCUT2D eigenvalue weighted by atomic mass is 32.2. The second-order valence-electron chi connectivity index (χ2n) is 4.98. The molecule has 1 aliphatic heterocycles. The standard InChI is InChI=1S/C15H22N2O2S/c1-20-10-8-12(16)15(18)17-13-6-4-9-19-14-7-3-2-5-11(13)14/h2-3,5,7,12-13H,4,6,8-10,16H2,1H3,(H,17,18)/t12-,13?/m0/s1. The summed E-state index contributed by atoms with van der Waals surface area (Å²) in [6.45, 7) is 0.696. The van der Waals surface area contributed by atoms with E-state index in [9.17, 15) is 4.79 Å². The summed E-state index contributed by atoms with van der Waals surface area (Å²) in [6.07, 6.45) is 4.54. The van der Waals surface area contributed by atoms with Gasteiger partial charge < -0.3 is 15.8 Å². The first kappa shape index (κ1) is 15.2. The molecule has 0 radical (unpaired) electrons. The average Bonchev–Trinajstić information content (AvgIpc) is 2.67. The van der Waals surface area contributed by atoms with Gasteiger partial charge in [0.2, 0.25) is 5.91 Å². The summed E-state index contributed by atoms with van der Waals surface area (Å²) in [5.41, 5.74) is 6.97. The predicted octanol–water partition coefficient (Wildman–Crippen LogP) is 2.10. The Labute approximate surface area is 124 Å². The Kier molecular flexibility index (Phi) is 5.73. The number of nitrogens with one attached hydrogen (secondary N) is 1. The van der Waals surface area contributed by atoms with Crippen LogP contribution in [0.3, 0.4) is 0 Å². The molecule has 0 fully saturated rings. The highest BCUT2D eigenvalue weighted by Gasteiger charge is 2.23. The van der Waals surface area contributed by atoms with Crippen molar-refractivity contribution in [2.45, 2.75) is 31.3 Å². The summed E-state index contributed by atoms with van der Waals surface area (Å²) in [4.78, 5) is 12.2. The lowest BCUT2D eigenvalue weighted by molar-refractivity contribution is -0.123. The minimum absolute atomic E-state index is 0.00142. The van der Waals surface area contributed by atoms with E-state index in [0.717, 1.165) is 29.9 Å². The van der Waals surface area contributed by atoms with Gasteiger partial charge in [0.25, 0.3) is 0 Å². The zero-order valence-corrected chi connectivity index (χ0v) is 12.6. The Balaban J connectivity index is 2.03. The molecule has 110 valence electrons. The van der Waals surface area contributed by atoms with Crippen molar-refractivity contribution < 1.29 is 9.53 Å². The molecule has 1 unspecified atom stereocenters. The van der Waals surface area contributed by atoms with E-state index in [-0.39, 0.29) is 11.9 Å². The number of thioether (sulfide) groups is 1. The normalized spacial score (nSPS) is 19.4. The topological polar surface area (TPSA) is 64.4 Å². The Morgan fingerprint density at radius 3 is 3.15 bits per heavy atom. The minimum atomic E-state index is -0.432. The molecule has 0 saturated heterocycles. The van der Waals surface area contributed by atoms with Gasteiger partial charge in [-0.1, -0.05) is 18.2 Å². The lowest BCUT2D eigenvalue weighted by Gasteiger charge is -2.20. The lowest BCUT2D eigenvalue weighted by Crippen LogP contribution is -2.42. The lowest BCUT2D eigenvalue weighted by atomic mass is 10.0. The third-order valence-electron chi connectivity index (χ3n) is 3.48. The van der Waals surface area contributed by atoms with Crippen LogP contribution in [0.4, 0.5) is 0 Å². The van der Waals surface area contributed by atoms with Gasteiger partial charge in [0.05, 0.1) is 18.7 Å². The van der Waals surface area contributed by atoms with E-state index in [0.29, 0.717) is 13.0 Å². The average molecular weight is 294 g/mol. The molecule has 1 aromatic carbocycles. The van der Waals surface area contributed by atoms with Crippen LogP contribution in [-0.2, 0) is 4.79 Å². The summed E-state index contributed by atoms with van der Waals surface area (Å²) in [5, 5.41) is 3.07. The molecule has 0 saturated carbocycles. The zero-order chi connectivity index (χ0) is 14.4. The summed E-state index contributed by atoms with van der Waals surface area (Å²) < 4.78 is 5.70. The van der Waals surface area contributed by atoms with Crippen LogP contribution >= 0.6 is 11.8 Å². The first-order valence-corrected chi connectivity index (χ1v) is 8.38. The molecule has 1 aromatic rings.